The third-order valence-electron chi connectivity index (χ3n) is 2.00. The molecule has 1 aliphatic rings. The van der Waals surface area contributed by atoms with Crippen LogP contribution in [0, 0.1) is 6.07 Å². The first-order chi connectivity index (χ1) is 4.38. The molecular formula is C9H9. The summed E-state index contributed by atoms with van der Waals surface area (Å²) in [5.41, 5.74) is 2.92. The van der Waals surface area contributed by atoms with Crippen LogP contribution in [0.4, 0.5) is 0 Å². The summed E-state index contributed by atoms with van der Waals surface area (Å²) in [6, 6.07) is 9.48. The van der Waals surface area contributed by atoms with E-state index in [1.807, 2.05) is 6.07 Å². The third-order valence-corrected chi connectivity index (χ3v) is 2.00. The molecule has 0 amide bonds. The van der Waals surface area contributed by atoms with Crippen molar-refractivity contribution in [3.63, 3.8) is 0 Å². The molecule has 0 N–H and O–H groups in total. The Hall–Kier alpha value is -0.780. The zero-order chi connectivity index (χ0) is 6.27. The van der Waals surface area contributed by atoms with Crippen LogP contribution in [-0.4, -0.2) is 0 Å². The van der Waals surface area contributed by atoms with Crippen LogP contribution in [0.15, 0.2) is 18.2 Å². The van der Waals surface area contributed by atoms with Crippen LogP contribution in [0.5, 0.6) is 0 Å². The number of fused-ring (bicyclic) bond motifs is 1. The highest BCUT2D eigenvalue weighted by atomic mass is 14.2. The van der Waals surface area contributed by atoms with Crippen LogP contribution in [0.25, 0.3) is 0 Å². The Kier molecular flexibility index (Phi) is 0.895. The fourth-order valence-electron chi connectivity index (χ4n) is 1.42. The van der Waals surface area contributed by atoms with E-state index >= 15 is 0 Å². The van der Waals surface area contributed by atoms with Crippen LogP contribution in [-0.2, 0) is 6.42 Å². The van der Waals surface area contributed by atoms with Crippen molar-refractivity contribution in [1.82, 2.24) is 0 Å². The van der Waals surface area contributed by atoms with Crippen LogP contribution in [0.1, 0.15) is 24.0 Å². The summed E-state index contributed by atoms with van der Waals surface area (Å²) in [7, 11) is 0. The molecule has 0 saturated carbocycles. The Bertz CT molecular complexity index is 225. The molecule has 2 rings (SSSR count). The summed E-state index contributed by atoms with van der Waals surface area (Å²) in [6.07, 6.45) is 1.26. The van der Waals surface area contributed by atoms with E-state index in [2.05, 4.69) is 25.1 Å². The predicted octanol–water partition coefficient (Wildman–Crippen LogP) is 2.15. The van der Waals surface area contributed by atoms with Gasteiger partial charge < -0.3 is 0 Å². The molecule has 0 aromatic heterocycles. The Balaban J connectivity index is 2.51. The summed E-state index contributed by atoms with van der Waals surface area (Å²) < 4.78 is 0. The molecule has 0 fully saturated rings. The van der Waals surface area contributed by atoms with Crippen LogP contribution in [0.2, 0.25) is 0 Å². The molecular weight excluding hydrogens is 108 g/mol. The fraction of sp³-hybridized carbons (Fsp3) is 0.333. The second-order valence-electron chi connectivity index (χ2n) is 2.71. The van der Waals surface area contributed by atoms with Crippen LogP contribution < -0.4 is 0 Å². The van der Waals surface area contributed by atoms with E-state index < -0.39 is 0 Å². The summed E-state index contributed by atoms with van der Waals surface area (Å²) in [6.45, 7) is 2.25. The summed E-state index contributed by atoms with van der Waals surface area (Å²) in [5, 5.41) is 0. The second kappa shape index (κ2) is 1.60. The molecule has 0 bridgehead atoms. The Labute approximate surface area is 55.5 Å². The van der Waals surface area contributed by atoms with Gasteiger partial charge in [-0.3, -0.25) is 0 Å². The van der Waals surface area contributed by atoms with Gasteiger partial charge in [-0.05, 0) is 29.5 Å². The van der Waals surface area contributed by atoms with Gasteiger partial charge in [0.05, 0.1) is 0 Å². The first-order valence-electron chi connectivity index (χ1n) is 3.37. The predicted molar refractivity (Wildman–Crippen MR) is 37.4 cm³/mol. The minimum atomic E-state index is 0.765. The molecule has 1 unspecified atom stereocenters. The number of rotatable bonds is 0. The number of hydrogen-bond acceptors (Lipinski definition) is 0. The molecule has 1 aromatic carbocycles. The second-order valence-corrected chi connectivity index (χ2v) is 2.71. The highest BCUT2D eigenvalue weighted by Gasteiger charge is 2.20. The van der Waals surface area contributed by atoms with E-state index in [0.717, 1.165) is 5.92 Å². The lowest BCUT2D eigenvalue weighted by atomic mass is 9.79. The van der Waals surface area contributed by atoms with Gasteiger partial charge in [-0.15, -0.1) is 0 Å². The van der Waals surface area contributed by atoms with Gasteiger partial charge in [-0.1, -0.05) is 25.1 Å². The zero-order valence-corrected chi connectivity index (χ0v) is 5.52. The number of benzene rings is 1. The molecule has 1 aliphatic carbocycles. The van der Waals surface area contributed by atoms with Gasteiger partial charge in [0.25, 0.3) is 0 Å². The molecule has 1 atom stereocenters. The molecule has 0 nitrogen and oxygen atoms in total. The fourth-order valence-corrected chi connectivity index (χ4v) is 1.42. The standard InChI is InChI=1S/C9H9/c1-7-6-8-4-2-3-5-9(7)8/h2-4,7H,6H2,1H3. The molecule has 0 aliphatic heterocycles. The monoisotopic (exact) mass is 117 g/mol. The van der Waals surface area contributed by atoms with Crippen LogP contribution >= 0.6 is 0 Å². The Morgan fingerprint density at radius 1 is 1.67 bits per heavy atom. The molecule has 1 aromatic rings. The van der Waals surface area contributed by atoms with E-state index in [-0.39, 0.29) is 0 Å². The van der Waals surface area contributed by atoms with Gasteiger partial charge in [-0.2, -0.15) is 0 Å². The lowest BCUT2D eigenvalue weighted by Gasteiger charge is -2.25. The molecule has 0 heterocycles. The van der Waals surface area contributed by atoms with Gasteiger partial charge in [0.15, 0.2) is 0 Å². The summed E-state index contributed by atoms with van der Waals surface area (Å²) in [5.74, 6) is 0.765. The van der Waals surface area contributed by atoms with Crippen molar-refractivity contribution in [3.05, 3.63) is 35.4 Å². The summed E-state index contributed by atoms with van der Waals surface area (Å²) >= 11 is 0. The van der Waals surface area contributed by atoms with Crippen molar-refractivity contribution in [1.29, 1.82) is 0 Å². The highest BCUT2D eigenvalue weighted by molar-refractivity contribution is 5.38. The van der Waals surface area contributed by atoms with Crippen molar-refractivity contribution in [3.8, 4) is 0 Å². The first-order valence-corrected chi connectivity index (χ1v) is 3.37. The SMILES string of the molecule is CC1Cc2ccc[c]c21. The lowest BCUT2D eigenvalue weighted by molar-refractivity contribution is 0.666. The van der Waals surface area contributed by atoms with E-state index in [1.54, 1.807) is 0 Å². The van der Waals surface area contributed by atoms with Crippen molar-refractivity contribution >= 4 is 0 Å². The van der Waals surface area contributed by atoms with Crippen molar-refractivity contribution in [2.24, 2.45) is 0 Å². The van der Waals surface area contributed by atoms with Gasteiger partial charge >= 0.3 is 0 Å². The van der Waals surface area contributed by atoms with E-state index in [9.17, 15) is 0 Å². The maximum atomic E-state index is 3.24. The number of hydrogen-bond donors (Lipinski definition) is 0. The molecule has 0 spiro atoms. The first kappa shape index (κ1) is 5.04. The highest BCUT2D eigenvalue weighted by Crippen LogP contribution is 2.33. The van der Waals surface area contributed by atoms with E-state index in [1.165, 1.54) is 17.5 Å². The minimum absolute atomic E-state index is 0.765. The molecule has 1 radical (unpaired) electrons. The van der Waals surface area contributed by atoms with Crippen molar-refractivity contribution < 1.29 is 0 Å². The van der Waals surface area contributed by atoms with Gasteiger partial charge in [0, 0.05) is 0 Å². The maximum Gasteiger partial charge on any atom is -0.0141 e. The molecule has 9 heavy (non-hydrogen) atoms. The van der Waals surface area contributed by atoms with Gasteiger partial charge in [0.1, 0.15) is 0 Å². The maximum absolute atomic E-state index is 3.24. The summed E-state index contributed by atoms with van der Waals surface area (Å²) in [4.78, 5) is 0. The molecule has 0 saturated heterocycles. The van der Waals surface area contributed by atoms with Crippen molar-refractivity contribution in [2.75, 3.05) is 0 Å². The van der Waals surface area contributed by atoms with E-state index in [0.29, 0.717) is 0 Å². The van der Waals surface area contributed by atoms with Crippen molar-refractivity contribution in [2.45, 2.75) is 19.3 Å². The Morgan fingerprint density at radius 3 is 3.11 bits per heavy atom. The lowest BCUT2D eigenvalue weighted by Crippen LogP contribution is -2.12. The largest absolute Gasteiger partial charge is 0.0614 e. The topological polar surface area (TPSA) is 0 Å². The average molecular weight is 117 g/mol. The molecule has 45 valence electrons. The quantitative estimate of drug-likeness (QED) is 0.488. The van der Waals surface area contributed by atoms with Gasteiger partial charge in [0.2, 0.25) is 0 Å². The minimum Gasteiger partial charge on any atom is -0.0614 e. The zero-order valence-electron chi connectivity index (χ0n) is 5.52. The molecule has 0 heteroatoms. The van der Waals surface area contributed by atoms with Gasteiger partial charge in [-0.25, -0.2) is 0 Å². The third kappa shape index (κ3) is 0.593. The smallest absolute Gasteiger partial charge is 0.0141 e. The average Bonchev–Trinajstić information content (AvgIpc) is 1.86. The Morgan fingerprint density at radius 2 is 2.56 bits per heavy atom. The normalized spacial score (nSPS) is 22.6. The van der Waals surface area contributed by atoms with E-state index in [4.69, 9.17) is 0 Å². The van der Waals surface area contributed by atoms with Crippen LogP contribution in [0.3, 0.4) is 0 Å².